The van der Waals surface area contributed by atoms with Gasteiger partial charge in [-0.25, -0.2) is 8.42 Å². The molecule has 2 aromatic carbocycles. The summed E-state index contributed by atoms with van der Waals surface area (Å²) in [4.78, 5) is 26.3. The average Bonchev–Trinajstić information content (AvgIpc) is 3.40. The molecular formula is C25H25N3O4S2. The van der Waals surface area contributed by atoms with E-state index in [1.54, 1.807) is 6.07 Å². The number of thiophene rings is 1. The molecule has 2 heterocycles. The van der Waals surface area contributed by atoms with Gasteiger partial charge in [-0.1, -0.05) is 25.1 Å². The predicted octanol–water partition coefficient (Wildman–Crippen LogP) is 3.98. The third-order valence-corrected chi connectivity index (χ3v) is 9.53. The van der Waals surface area contributed by atoms with Crippen LogP contribution in [0.15, 0.2) is 53.4 Å². The molecule has 1 aromatic heterocycles. The van der Waals surface area contributed by atoms with Crippen molar-refractivity contribution in [2.75, 3.05) is 16.2 Å². The number of sulfonamides is 1. The molecule has 0 radical (unpaired) electrons. The second-order valence-electron chi connectivity index (χ2n) is 8.85. The number of carbonyl (C=O) groups excluding carboxylic acids is 2. The minimum atomic E-state index is -3.74. The number of nitrogens with zero attached hydrogens (tertiary/aromatic N) is 1. The Bertz CT molecular complexity index is 1390. The molecule has 34 heavy (non-hydrogen) atoms. The zero-order chi connectivity index (χ0) is 24.0. The van der Waals surface area contributed by atoms with Crippen molar-refractivity contribution < 1.29 is 18.0 Å². The molecule has 9 heteroatoms. The van der Waals surface area contributed by atoms with Gasteiger partial charge in [0, 0.05) is 17.0 Å². The van der Waals surface area contributed by atoms with E-state index in [1.165, 1.54) is 39.9 Å². The van der Waals surface area contributed by atoms with Crippen LogP contribution in [0.5, 0.6) is 0 Å². The Hall–Kier alpha value is -3.17. The number of amides is 2. The Balaban J connectivity index is 1.38. The zero-order valence-corrected chi connectivity index (χ0v) is 20.3. The molecule has 0 bridgehead atoms. The highest BCUT2D eigenvalue weighted by Crippen LogP contribution is 2.39. The highest BCUT2D eigenvalue weighted by Gasteiger charge is 2.31. The molecule has 0 saturated carbocycles. The van der Waals surface area contributed by atoms with Crippen molar-refractivity contribution in [3.63, 3.8) is 0 Å². The number of primary amides is 1. The standard InChI is InChI=1S/C25H25N3O4S2/c1-15-6-11-19-21(14-15)33-25(22(19)23(26)29)27-24(30)17-7-9-18(10-8-17)34(31,32)28-13-12-16-4-2-3-5-20(16)28/h2-5,7-10,15H,6,11-14H2,1H3,(H2,26,29)(H,27,30). The number of nitrogens with one attached hydrogen (secondary N) is 1. The molecule has 1 aliphatic heterocycles. The monoisotopic (exact) mass is 495 g/mol. The maximum atomic E-state index is 13.2. The van der Waals surface area contributed by atoms with Gasteiger partial charge in [0.2, 0.25) is 0 Å². The summed E-state index contributed by atoms with van der Waals surface area (Å²) < 4.78 is 27.8. The molecule has 1 atom stereocenters. The second-order valence-corrected chi connectivity index (χ2v) is 11.8. The van der Waals surface area contributed by atoms with Gasteiger partial charge in [0.15, 0.2) is 0 Å². The summed E-state index contributed by atoms with van der Waals surface area (Å²) in [6.07, 6.45) is 3.28. The second kappa shape index (κ2) is 8.56. The maximum Gasteiger partial charge on any atom is 0.264 e. The molecule has 1 aliphatic carbocycles. The number of rotatable bonds is 5. The summed E-state index contributed by atoms with van der Waals surface area (Å²) in [7, 11) is -3.74. The lowest BCUT2D eigenvalue weighted by molar-refractivity contribution is 0.1000. The Morgan fingerprint density at radius 1 is 1.09 bits per heavy atom. The molecule has 2 amide bonds. The van der Waals surface area contributed by atoms with Crippen LogP contribution in [0, 0.1) is 5.92 Å². The van der Waals surface area contributed by atoms with Gasteiger partial charge in [-0.3, -0.25) is 13.9 Å². The first kappa shape index (κ1) is 22.6. The summed E-state index contributed by atoms with van der Waals surface area (Å²) in [5.74, 6) is -0.438. The fraction of sp³-hybridized carbons (Fsp3) is 0.280. The van der Waals surface area contributed by atoms with Crippen molar-refractivity contribution in [1.82, 2.24) is 0 Å². The van der Waals surface area contributed by atoms with E-state index >= 15 is 0 Å². The first-order valence-corrected chi connectivity index (χ1v) is 13.5. The number of nitrogens with two attached hydrogens (primary N) is 1. The number of anilines is 2. The van der Waals surface area contributed by atoms with Gasteiger partial charge in [0.1, 0.15) is 5.00 Å². The highest BCUT2D eigenvalue weighted by molar-refractivity contribution is 7.92. The lowest BCUT2D eigenvalue weighted by Crippen LogP contribution is -2.29. The van der Waals surface area contributed by atoms with E-state index in [9.17, 15) is 18.0 Å². The largest absolute Gasteiger partial charge is 0.365 e. The number of hydrogen-bond acceptors (Lipinski definition) is 5. The Kier molecular flexibility index (Phi) is 5.69. The molecule has 2 aliphatic rings. The topological polar surface area (TPSA) is 110 Å². The van der Waals surface area contributed by atoms with E-state index in [2.05, 4.69) is 12.2 Å². The predicted molar refractivity (Wildman–Crippen MR) is 133 cm³/mol. The molecular weight excluding hydrogens is 470 g/mol. The average molecular weight is 496 g/mol. The summed E-state index contributed by atoms with van der Waals surface area (Å²) in [6, 6.07) is 13.3. The van der Waals surface area contributed by atoms with Crippen molar-refractivity contribution in [1.29, 1.82) is 0 Å². The lowest BCUT2D eigenvalue weighted by Gasteiger charge is -2.19. The van der Waals surface area contributed by atoms with Crippen LogP contribution < -0.4 is 15.4 Å². The first-order valence-electron chi connectivity index (χ1n) is 11.2. The number of carbonyl (C=O) groups is 2. The van der Waals surface area contributed by atoms with E-state index in [-0.39, 0.29) is 4.90 Å². The molecule has 3 aromatic rings. The highest BCUT2D eigenvalue weighted by atomic mass is 32.2. The van der Waals surface area contributed by atoms with E-state index in [0.717, 1.165) is 35.3 Å². The van der Waals surface area contributed by atoms with E-state index in [4.69, 9.17) is 5.73 Å². The van der Waals surface area contributed by atoms with Gasteiger partial charge >= 0.3 is 0 Å². The normalized spacial score (nSPS) is 17.2. The fourth-order valence-electron chi connectivity index (χ4n) is 4.74. The van der Waals surface area contributed by atoms with Crippen LogP contribution in [0.1, 0.15) is 50.1 Å². The summed E-state index contributed by atoms with van der Waals surface area (Å²) in [6.45, 7) is 2.56. The molecule has 1 unspecified atom stereocenters. The molecule has 176 valence electrons. The van der Waals surface area contributed by atoms with Crippen LogP contribution in [0.3, 0.4) is 0 Å². The van der Waals surface area contributed by atoms with Crippen LogP contribution in [0.25, 0.3) is 0 Å². The van der Waals surface area contributed by atoms with Crippen LogP contribution >= 0.6 is 11.3 Å². The van der Waals surface area contributed by atoms with Crippen LogP contribution in [-0.2, 0) is 29.3 Å². The summed E-state index contributed by atoms with van der Waals surface area (Å²) in [5, 5.41) is 3.29. The van der Waals surface area contributed by atoms with Crippen LogP contribution in [0.2, 0.25) is 0 Å². The molecule has 0 saturated heterocycles. The minimum Gasteiger partial charge on any atom is -0.365 e. The van der Waals surface area contributed by atoms with Gasteiger partial charge in [-0.2, -0.15) is 0 Å². The van der Waals surface area contributed by atoms with Crippen LogP contribution in [-0.4, -0.2) is 26.8 Å². The molecule has 0 fully saturated rings. The van der Waals surface area contributed by atoms with Crippen molar-refractivity contribution in [3.05, 3.63) is 75.7 Å². The quantitative estimate of drug-likeness (QED) is 0.558. The van der Waals surface area contributed by atoms with Gasteiger partial charge < -0.3 is 11.1 Å². The smallest absolute Gasteiger partial charge is 0.264 e. The zero-order valence-electron chi connectivity index (χ0n) is 18.7. The number of hydrogen-bond donors (Lipinski definition) is 2. The SMILES string of the molecule is CC1CCc2c(sc(NC(=O)c3ccc(S(=O)(=O)N4CCc5ccccc54)cc3)c2C(N)=O)C1. The fourth-order valence-corrected chi connectivity index (χ4v) is 7.65. The number of para-hydroxylation sites is 1. The van der Waals surface area contributed by atoms with Gasteiger partial charge in [-0.05, 0) is 73.1 Å². The summed E-state index contributed by atoms with van der Waals surface area (Å²) in [5.41, 5.74) is 8.97. The van der Waals surface area contributed by atoms with Gasteiger partial charge in [0.25, 0.3) is 21.8 Å². The number of fused-ring (bicyclic) bond motifs is 2. The van der Waals surface area contributed by atoms with E-state index in [0.29, 0.717) is 40.7 Å². The molecule has 0 spiro atoms. The Morgan fingerprint density at radius 3 is 2.56 bits per heavy atom. The Labute approximate surface area is 202 Å². The molecule has 5 rings (SSSR count). The van der Waals surface area contributed by atoms with Crippen molar-refractivity contribution >= 4 is 43.9 Å². The van der Waals surface area contributed by atoms with Gasteiger partial charge in [0.05, 0.1) is 16.1 Å². The number of benzene rings is 2. The minimum absolute atomic E-state index is 0.124. The first-order chi connectivity index (χ1) is 16.3. The van der Waals surface area contributed by atoms with E-state index < -0.39 is 21.8 Å². The third-order valence-electron chi connectivity index (χ3n) is 6.53. The van der Waals surface area contributed by atoms with Crippen molar-refractivity contribution in [3.8, 4) is 0 Å². The molecule has 3 N–H and O–H groups in total. The van der Waals surface area contributed by atoms with Crippen molar-refractivity contribution in [2.45, 2.75) is 37.5 Å². The van der Waals surface area contributed by atoms with Crippen LogP contribution in [0.4, 0.5) is 10.7 Å². The van der Waals surface area contributed by atoms with Gasteiger partial charge in [-0.15, -0.1) is 11.3 Å². The molecule has 7 nitrogen and oxygen atoms in total. The maximum absolute atomic E-state index is 13.2. The van der Waals surface area contributed by atoms with Crippen molar-refractivity contribution in [2.24, 2.45) is 11.7 Å². The summed E-state index contributed by atoms with van der Waals surface area (Å²) >= 11 is 1.40. The third kappa shape index (κ3) is 3.88. The Morgan fingerprint density at radius 2 is 1.82 bits per heavy atom. The van der Waals surface area contributed by atoms with E-state index in [1.807, 2.05) is 18.2 Å². The lowest BCUT2D eigenvalue weighted by atomic mass is 9.88.